The van der Waals surface area contributed by atoms with Crippen molar-refractivity contribution in [3.63, 3.8) is 0 Å². The number of fused-ring (bicyclic) bond motifs is 4. The molecular formula is C75H78N4O. The Bertz CT molecular complexity index is 4510. The Hall–Kier alpha value is -8.02. The van der Waals surface area contributed by atoms with Gasteiger partial charge in [0.1, 0.15) is 17.3 Å². The monoisotopic (exact) mass is 1060 g/mol. The predicted molar refractivity (Wildman–Crippen MR) is 337 cm³/mol. The highest BCUT2D eigenvalue weighted by Crippen LogP contribution is 2.42. The molecule has 11 rings (SSSR count). The van der Waals surface area contributed by atoms with Gasteiger partial charge in [0.05, 0.1) is 40.3 Å². The second kappa shape index (κ2) is 19.7. The minimum absolute atomic E-state index is 0.0660. The predicted octanol–water partition coefficient (Wildman–Crippen LogP) is 19.8. The molecule has 80 heavy (non-hydrogen) atoms. The first-order valence-corrected chi connectivity index (χ1v) is 27.9. The fourth-order valence-electron chi connectivity index (χ4n) is 10.8. The molecule has 5 heteroatoms. The van der Waals surface area contributed by atoms with Crippen LogP contribution in [0.3, 0.4) is 0 Å². The van der Waals surface area contributed by atoms with Crippen molar-refractivity contribution in [2.75, 3.05) is 0 Å². The van der Waals surface area contributed by atoms with E-state index in [1.165, 1.54) is 40.1 Å². The van der Waals surface area contributed by atoms with Gasteiger partial charge in [-0.2, -0.15) is 0 Å². The molecule has 0 radical (unpaired) electrons. The lowest BCUT2D eigenvalue weighted by molar-refractivity contribution is -0.572. The van der Waals surface area contributed by atoms with Gasteiger partial charge in [-0.1, -0.05) is 225 Å². The summed E-state index contributed by atoms with van der Waals surface area (Å²) in [6.07, 6.45) is 5.26. The molecule has 0 bridgehead atoms. The number of aryl methyl sites for hydroxylation is 1. The Morgan fingerprint density at radius 1 is 0.487 bits per heavy atom. The third-order valence-corrected chi connectivity index (χ3v) is 15.5. The highest BCUT2D eigenvalue weighted by Gasteiger charge is 2.29. The average molecular weight is 1060 g/mol. The summed E-state index contributed by atoms with van der Waals surface area (Å²) in [6, 6.07) is 48.1. The number of benzene rings is 8. The number of imidazole rings is 1. The van der Waals surface area contributed by atoms with Gasteiger partial charge in [-0.3, -0.25) is 13.7 Å². The molecule has 3 heterocycles. The van der Waals surface area contributed by atoms with E-state index in [1.54, 1.807) is 0 Å². The fourth-order valence-corrected chi connectivity index (χ4v) is 10.8. The zero-order chi connectivity index (χ0) is 63.7. The smallest absolute Gasteiger partial charge is 0.269 e. The summed E-state index contributed by atoms with van der Waals surface area (Å²) < 4.78 is 81.6. The van der Waals surface area contributed by atoms with Gasteiger partial charge in [0.15, 0.2) is 0 Å². The largest absolute Gasteiger partial charge is 0.458 e. The Kier molecular flexibility index (Phi) is 11.0. The van der Waals surface area contributed by atoms with Crippen LogP contribution in [0.1, 0.15) is 148 Å². The van der Waals surface area contributed by atoms with Crippen LogP contribution in [0.25, 0.3) is 83.4 Å². The molecule has 0 aliphatic rings. The van der Waals surface area contributed by atoms with E-state index in [1.807, 2.05) is 65.2 Å². The molecule has 0 atom stereocenters. The first-order chi connectivity index (χ1) is 41.0. The van der Waals surface area contributed by atoms with Gasteiger partial charge in [0, 0.05) is 32.7 Å². The van der Waals surface area contributed by atoms with Gasteiger partial charge in [0.2, 0.25) is 0 Å². The van der Waals surface area contributed by atoms with Crippen LogP contribution >= 0.6 is 0 Å². The molecule has 0 spiro atoms. The topological polar surface area (TPSA) is 35.9 Å². The lowest BCUT2D eigenvalue weighted by Crippen LogP contribution is -2.34. The Balaban J connectivity index is 1.10. The van der Waals surface area contributed by atoms with E-state index in [0.29, 0.717) is 17.0 Å². The van der Waals surface area contributed by atoms with Crippen molar-refractivity contribution in [1.29, 1.82) is 0 Å². The standard InChI is InChI=1S/C75H78N4O/c1-48-36-69(76-46-63(48)49-24-18-17-19-25-49)79-65-31-21-20-28-61(65)62-34-33-59(45-67(62)79)80-58-27-22-26-57(44-58)77-47-78(66-35-32-50(41-68(66)77)51-37-53(71(2,3)4)42-54(38-51)72(5,6)7)70-60(29-23-30-64(70)75(14,15)16)52-39-55(73(8,9)10)43-56(40-52)74(11,12)13/h17-46H,1-16H3/i1D3,17D,18D,19D,24D,25D. The van der Waals surface area contributed by atoms with Crippen molar-refractivity contribution in [1.82, 2.24) is 14.1 Å². The molecule has 0 saturated heterocycles. The zero-order valence-electron chi connectivity index (χ0n) is 57.1. The summed E-state index contributed by atoms with van der Waals surface area (Å²) in [5.41, 5.74) is 14.9. The summed E-state index contributed by atoms with van der Waals surface area (Å²) in [4.78, 5) is 4.79. The number of rotatable bonds is 8. The van der Waals surface area contributed by atoms with Crippen LogP contribution in [-0.4, -0.2) is 14.1 Å². The third kappa shape index (κ3) is 10.3. The molecule has 0 aliphatic heterocycles. The third-order valence-electron chi connectivity index (χ3n) is 15.5. The molecule has 0 amide bonds. The number of hydrogen-bond acceptors (Lipinski definition) is 2. The van der Waals surface area contributed by atoms with Crippen molar-refractivity contribution in [3.8, 4) is 62.1 Å². The molecule has 0 N–H and O–H groups in total. The fraction of sp³-hybridized carbons (Fsp3) is 0.280. The number of para-hydroxylation sites is 2. The second-order valence-electron chi connectivity index (χ2n) is 26.7. The molecule has 0 unspecified atom stereocenters. The Morgan fingerprint density at radius 2 is 1.10 bits per heavy atom. The first kappa shape index (κ1) is 44.8. The summed E-state index contributed by atoms with van der Waals surface area (Å²) in [7, 11) is 0. The molecule has 3 aromatic heterocycles. The summed E-state index contributed by atoms with van der Waals surface area (Å²) in [5.74, 6) is 1.35. The van der Waals surface area contributed by atoms with E-state index >= 15 is 0 Å². The van der Waals surface area contributed by atoms with Crippen LogP contribution < -0.4 is 9.30 Å². The molecule has 11 aromatic rings. The summed E-state index contributed by atoms with van der Waals surface area (Å²) in [5, 5.41) is 1.77. The summed E-state index contributed by atoms with van der Waals surface area (Å²) in [6.45, 7) is 31.4. The quantitative estimate of drug-likeness (QED) is 0.112. The van der Waals surface area contributed by atoms with Crippen LogP contribution in [0, 0.1) is 13.2 Å². The second-order valence-corrected chi connectivity index (χ2v) is 26.7. The zero-order valence-corrected chi connectivity index (χ0v) is 49.1. The number of ether oxygens (including phenoxy) is 1. The van der Waals surface area contributed by atoms with Gasteiger partial charge in [-0.15, -0.1) is 0 Å². The van der Waals surface area contributed by atoms with Gasteiger partial charge < -0.3 is 4.74 Å². The van der Waals surface area contributed by atoms with Crippen molar-refractivity contribution >= 4 is 32.8 Å². The first-order valence-electron chi connectivity index (χ1n) is 31.9. The molecular weight excluding hydrogens is 973 g/mol. The summed E-state index contributed by atoms with van der Waals surface area (Å²) >= 11 is 0. The van der Waals surface area contributed by atoms with E-state index < -0.39 is 37.1 Å². The lowest BCUT2D eigenvalue weighted by Gasteiger charge is -2.29. The van der Waals surface area contributed by atoms with Crippen molar-refractivity contribution < 1.29 is 20.3 Å². The van der Waals surface area contributed by atoms with Gasteiger partial charge in [-0.05, 0) is 144 Å². The number of aromatic nitrogens is 4. The van der Waals surface area contributed by atoms with Crippen molar-refractivity contribution in [2.24, 2.45) is 0 Å². The van der Waals surface area contributed by atoms with Crippen LogP contribution in [0.4, 0.5) is 0 Å². The van der Waals surface area contributed by atoms with Crippen LogP contribution in [0.5, 0.6) is 11.5 Å². The Labute approximate surface area is 486 Å². The number of pyridine rings is 1. The maximum Gasteiger partial charge on any atom is 0.269 e. The molecule has 8 aromatic carbocycles. The van der Waals surface area contributed by atoms with E-state index in [9.17, 15) is 0 Å². The van der Waals surface area contributed by atoms with E-state index in [-0.39, 0.29) is 49.6 Å². The minimum atomic E-state index is -2.75. The maximum absolute atomic E-state index is 8.72. The van der Waals surface area contributed by atoms with E-state index in [4.69, 9.17) is 20.7 Å². The number of nitrogens with zero attached hydrogens (tertiary/aromatic N) is 4. The Morgan fingerprint density at radius 3 is 1.74 bits per heavy atom. The molecule has 0 fully saturated rings. The maximum atomic E-state index is 8.72. The SMILES string of the molecule is [2H]c1c([2H])c([2H])c(-c2cnc(-n3c4ccccc4c4ccc(Oc5cccc(-n6[c-][n+](-c7c(-c8cc(C(C)(C)C)cc(C(C)(C)C)c8)cccc7C(C)(C)C)c7ccc(-c8cc(C(C)(C)C)cc(C(C)(C)C)c8)cc76)c5)cc43)cc2C([2H])([2H])[2H])c([2H])c1[2H]. The van der Waals surface area contributed by atoms with Gasteiger partial charge >= 0.3 is 0 Å². The van der Waals surface area contributed by atoms with Crippen LogP contribution in [0.15, 0.2) is 182 Å². The van der Waals surface area contributed by atoms with Crippen LogP contribution in [0.2, 0.25) is 0 Å². The highest BCUT2D eigenvalue weighted by atomic mass is 16.5. The van der Waals surface area contributed by atoms with Gasteiger partial charge in [-0.25, -0.2) is 4.98 Å². The minimum Gasteiger partial charge on any atom is -0.458 e. The molecule has 0 saturated carbocycles. The van der Waals surface area contributed by atoms with E-state index in [0.717, 1.165) is 61.0 Å². The van der Waals surface area contributed by atoms with Crippen LogP contribution in [-0.2, 0) is 27.1 Å². The van der Waals surface area contributed by atoms with Gasteiger partial charge in [0.25, 0.3) is 6.33 Å². The molecule has 0 aliphatic carbocycles. The van der Waals surface area contributed by atoms with Crippen molar-refractivity contribution in [3.05, 3.63) is 222 Å². The highest BCUT2D eigenvalue weighted by molar-refractivity contribution is 6.09. The average Bonchev–Trinajstić information content (AvgIpc) is 1.49. The number of hydrogen-bond donors (Lipinski definition) is 0. The lowest BCUT2D eigenvalue weighted by atomic mass is 9.78. The molecule has 5 nitrogen and oxygen atoms in total. The molecule has 404 valence electrons. The van der Waals surface area contributed by atoms with Crippen molar-refractivity contribution in [2.45, 2.75) is 138 Å². The van der Waals surface area contributed by atoms with E-state index in [2.05, 4.69) is 198 Å². The normalized spacial score (nSPS) is 14.3.